The molecule has 1 atom stereocenters. The van der Waals surface area contributed by atoms with Crippen molar-refractivity contribution in [1.82, 2.24) is 14.5 Å². The molecule has 3 N–H and O–H groups in total. The molecule has 4 rings (SSSR count). The minimum absolute atomic E-state index is 0.0117. The van der Waals surface area contributed by atoms with Gasteiger partial charge in [0.25, 0.3) is 0 Å². The number of nitrogens with zero attached hydrogens (tertiary/aromatic N) is 3. The smallest absolute Gasteiger partial charge is 0.357 e. The maximum absolute atomic E-state index is 13.5. The Hall–Kier alpha value is -4.89. The van der Waals surface area contributed by atoms with E-state index in [0.29, 0.717) is 22.4 Å². The molecule has 2 aromatic carbocycles. The number of nitrogens with one attached hydrogen (secondary N) is 2. The van der Waals surface area contributed by atoms with Crippen LogP contribution in [-0.2, 0) is 16.0 Å². The predicted molar refractivity (Wildman–Crippen MR) is 135 cm³/mol. The van der Waals surface area contributed by atoms with Crippen molar-refractivity contribution in [3.63, 3.8) is 0 Å². The van der Waals surface area contributed by atoms with Crippen LogP contribution < -0.4 is 15.7 Å². The van der Waals surface area contributed by atoms with Gasteiger partial charge in [0.15, 0.2) is 10.8 Å². The Labute approximate surface area is 214 Å². The van der Waals surface area contributed by atoms with E-state index in [-0.39, 0.29) is 22.9 Å². The normalized spacial score (nSPS) is 11.4. The Morgan fingerprint density at radius 2 is 1.95 bits per heavy atom. The van der Waals surface area contributed by atoms with E-state index >= 15 is 0 Å². The highest BCUT2D eigenvalue weighted by Gasteiger charge is 2.29. The second kappa shape index (κ2) is 10.8. The fourth-order valence-corrected chi connectivity index (χ4v) is 4.41. The number of carbonyl (C=O) groups excluding carboxylic acids is 2. The highest BCUT2D eigenvalue weighted by molar-refractivity contribution is 7.14. The van der Waals surface area contributed by atoms with Gasteiger partial charge < -0.3 is 24.9 Å². The highest BCUT2D eigenvalue weighted by Crippen LogP contribution is 2.31. The average Bonchev–Trinajstić information content (AvgIpc) is 3.50. The number of aromatic amines is 1. The summed E-state index contributed by atoms with van der Waals surface area (Å²) in [5, 5.41) is 24.7. The van der Waals surface area contributed by atoms with Crippen molar-refractivity contribution in [2.75, 3.05) is 19.5 Å². The van der Waals surface area contributed by atoms with Gasteiger partial charge in [-0.1, -0.05) is 18.2 Å². The fraction of sp³-hybridized carbons (Fsp3) is 0.160. The van der Waals surface area contributed by atoms with Gasteiger partial charge in [-0.15, -0.1) is 11.3 Å². The topological polar surface area (TPSA) is 159 Å². The second-order valence-corrected chi connectivity index (χ2v) is 8.59. The molecule has 11 nitrogen and oxygen atoms in total. The maximum Gasteiger partial charge on any atom is 0.357 e. The van der Waals surface area contributed by atoms with Gasteiger partial charge in [-0.05, 0) is 35.9 Å². The van der Waals surface area contributed by atoms with Crippen LogP contribution in [0.4, 0.5) is 5.13 Å². The number of aromatic hydroxyl groups is 1. The van der Waals surface area contributed by atoms with Crippen LogP contribution in [0, 0.1) is 11.3 Å². The summed E-state index contributed by atoms with van der Waals surface area (Å²) in [5.41, 5.74) is 0.707. The van der Waals surface area contributed by atoms with Crippen molar-refractivity contribution in [1.29, 1.82) is 5.26 Å². The standard InChI is InChI=1S/C25H21N5O6S/c1-35-17-9-7-14(8-10-17)20-22(32)30(25(34)28-20)19(11-15-5-3-4-6-16(15)12-26)21(31)29-24-27-18(13-37-24)23(33)36-2/h3-10,13,19,32H,11H2,1-2H3,(H,28,34)(H,27,29,31)/t19-/m0/s1. The first-order valence-corrected chi connectivity index (χ1v) is 11.7. The summed E-state index contributed by atoms with van der Waals surface area (Å²) in [6, 6.07) is 14.1. The molecule has 0 bridgehead atoms. The molecule has 2 heterocycles. The number of rotatable bonds is 8. The lowest BCUT2D eigenvalue weighted by atomic mass is 10.00. The first-order valence-electron chi connectivity index (χ1n) is 10.9. The Balaban J connectivity index is 1.75. The Kier molecular flexibility index (Phi) is 7.36. The third kappa shape index (κ3) is 5.21. The van der Waals surface area contributed by atoms with Crippen molar-refractivity contribution in [3.05, 3.63) is 81.2 Å². The van der Waals surface area contributed by atoms with E-state index in [9.17, 15) is 24.8 Å². The van der Waals surface area contributed by atoms with Crippen LogP contribution in [0.1, 0.15) is 27.7 Å². The summed E-state index contributed by atoms with van der Waals surface area (Å²) < 4.78 is 10.7. The number of amides is 1. The van der Waals surface area contributed by atoms with Crippen LogP contribution in [0.15, 0.2) is 58.7 Å². The van der Waals surface area contributed by atoms with Crippen LogP contribution in [0.3, 0.4) is 0 Å². The number of carbonyl (C=O) groups is 2. The number of H-pyrrole nitrogens is 1. The first-order chi connectivity index (χ1) is 17.9. The molecule has 0 saturated heterocycles. The maximum atomic E-state index is 13.5. The van der Waals surface area contributed by atoms with Gasteiger partial charge in [0.2, 0.25) is 11.8 Å². The zero-order valence-electron chi connectivity index (χ0n) is 19.7. The SMILES string of the molecule is COC(=O)c1csc(NC(=O)[C@H](Cc2ccccc2C#N)n2c(O)c(-c3ccc(OC)cc3)[nH]c2=O)n1. The summed E-state index contributed by atoms with van der Waals surface area (Å²) in [7, 11) is 2.73. The van der Waals surface area contributed by atoms with Gasteiger partial charge in [0, 0.05) is 17.4 Å². The lowest BCUT2D eigenvalue weighted by Gasteiger charge is -2.18. The number of hydrogen-bond acceptors (Lipinski definition) is 9. The van der Waals surface area contributed by atoms with E-state index < -0.39 is 29.5 Å². The van der Waals surface area contributed by atoms with Crippen molar-refractivity contribution in [2.45, 2.75) is 12.5 Å². The third-order valence-corrected chi connectivity index (χ3v) is 6.33. The van der Waals surface area contributed by atoms with E-state index in [1.165, 1.54) is 19.6 Å². The monoisotopic (exact) mass is 519 g/mol. The van der Waals surface area contributed by atoms with Crippen LogP contribution >= 0.6 is 11.3 Å². The molecule has 0 aliphatic rings. The molecule has 188 valence electrons. The van der Waals surface area contributed by atoms with Crippen LogP contribution in [0.2, 0.25) is 0 Å². The second-order valence-electron chi connectivity index (χ2n) is 7.73. The number of benzene rings is 2. The number of esters is 1. The zero-order valence-corrected chi connectivity index (χ0v) is 20.5. The molecule has 2 aromatic heterocycles. The number of methoxy groups -OCH3 is 2. The first kappa shape index (κ1) is 25.2. The van der Waals surface area contributed by atoms with E-state index in [1.54, 1.807) is 48.5 Å². The highest BCUT2D eigenvalue weighted by atomic mass is 32.1. The molecule has 0 unspecified atom stereocenters. The van der Waals surface area contributed by atoms with Gasteiger partial charge >= 0.3 is 11.7 Å². The number of anilines is 1. The summed E-state index contributed by atoms with van der Waals surface area (Å²) in [6.45, 7) is 0. The van der Waals surface area contributed by atoms with Gasteiger partial charge in [-0.3, -0.25) is 4.79 Å². The summed E-state index contributed by atoms with van der Waals surface area (Å²) in [4.78, 5) is 44.9. The molecule has 12 heteroatoms. The molecule has 0 aliphatic heterocycles. The minimum atomic E-state index is -1.27. The lowest BCUT2D eigenvalue weighted by molar-refractivity contribution is -0.119. The quantitative estimate of drug-likeness (QED) is 0.300. The van der Waals surface area contributed by atoms with Crippen molar-refractivity contribution < 1.29 is 24.2 Å². The largest absolute Gasteiger partial charge is 0.497 e. The van der Waals surface area contributed by atoms with Crippen LogP contribution in [-0.4, -0.2) is 45.7 Å². The summed E-state index contributed by atoms with van der Waals surface area (Å²) >= 11 is 0.996. The minimum Gasteiger partial charge on any atom is -0.497 e. The van der Waals surface area contributed by atoms with Crippen molar-refractivity contribution in [2.24, 2.45) is 0 Å². The van der Waals surface area contributed by atoms with Crippen molar-refractivity contribution in [3.8, 4) is 29.0 Å². The molecule has 37 heavy (non-hydrogen) atoms. The van der Waals surface area contributed by atoms with Gasteiger partial charge in [0.05, 0.1) is 25.9 Å². The molecule has 0 radical (unpaired) electrons. The van der Waals surface area contributed by atoms with Gasteiger partial charge in [-0.2, -0.15) is 5.26 Å². The van der Waals surface area contributed by atoms with Crippen molar-refractivity contribution >= 4 is 28.3 Å². The molecule has 0 aliphatic carbocycles. The lowest BCUT2D eigenvalue weighted by Crippen LogP contribution is -2.33. The fourth-order valence-electron chi connectivity index (χ4n) is 3.72. The zero-order chi connectivity index (χ0) is 26.5. The molecule has 1 amide bonds. The molecular weight excluding hydrogens is 498 g/mol. The third-order valence-electron chi connectivity index (χ3n) is 5.58. The Morgan fingerprint density at radius 3 is 2.62 bits per heavy atom. The number of thiazole rings is 1. The van der Waals surface area contributed by atoms with Crippen LogP contribution in [0.5, 0.6) is 11.6 Å². The van der Waals surface area contributed by atoms with Gasteiger partial charge in [0.1, 0.15) is 17.5 Å². The Morgan fingerprint density at radius 1 is 1.22 bits per heavy atom. The molecule has 0 spiro atoms. The number of imidazole rings is 1. The van der Waals surface area contributed by atoms with E-state index in [1.807, 2.05) is 0 Å². The number of aromatic nitrogens is 3. The molecule has 0 saturated carbocycles. The molecule has 0 fully saturated rings. The summed E-state index contributed by atoms with van der Waals surface area (Å²) in [5.74, 6) is -1.22. The molecular formula is C25H21N5O6S. The summed E-state index contributed by atoms with van der Waals surface area (Å²) in [6.07, 6.45) is -0.0851. The average molecular weight is 520 g/mol. The number of ether oxygens (including phenoxy) is 2. The van der Waals surface area contributed by atoms with E-state index in [4.69, 9.17) is 4.74 Å². The van der Waals surface area contributed by atoms with Crippen LogP contribution in [0.25, 0.3) is 11.3 Å². The number of nitriles is 1. The Bertz CT molecular complexity index is 1550. The molecule has 4 aromatic rings. The van der Waals surface area contributed by atoms with E-state index in [2.05, 4.69) is 26.1 Å². The number of hydrogen-bond donors (Lipinski definition) is 3. The van der Waals surface area contributed by atoms with Gasteiger partial charge in [-0.25, -0.2) is 19.1 Å². The van der Waals surface area contributed by atoms with E-state index in [0.717, 1.165) is 15.9 Å². The predicted octanol–water partition coefficient (Wildman–Crippen LogP) is 3.09.